The van der Waals surface area contributed by atoms with Gasteiger partial charge in [-0.15, -0.1) is 11.3 Å². The number of aromatic hydroxyl groups is 1. The number of rotatable bonds is 9. The number of alkyl halides is 3. The van der Waals surface area contributed by atoms with Crippen molar-refractivity contribution in [3.8, 4) is 5.75 Å². The van der Waals surface area contributed by atoms with Gasteiger partial charge in [-0.05, 0) is 70.1 Å². The lowest BCUT2D eigenvalue weighted by Gasteiger charge is -2.29. The van der Waals surface area contributed by atoms with Gasteiger partial charge in [-0.1, -0.05) is 12.1 Å². The summed E-state index contributed by atoms with van der Waals surface area (Å²) < 4.78 is 41.5. The number of thiophene rings is 1. The number of hydrogen-bond donors (Lipinski definition) is 2. The molecule has 1 aromatic heterocycles. The first-order valence-corrected chi connectivity index (χ1v) is 11.2. The summed E-state index contributed by atoms with van der Waals surface area (Å²) in [6, 6.07) is 10.4. The van der Waals surface area contributed by atoms with E-state index in [-0.39, 0.29) is 37.0 Å². The number of halogens is 3. The van der Waals surface area contributed by atoms with Gasteiger partial charge in [0.25, 0.3) is 0 Å². The largest absolute Gasteiger partial charge is 0.508 e. The Morgan fingerprint density at radius 1 is 1.19 bits per heavy atom. The highest BCUT2D eigenvalue weighted by molar-refractivity contribution is 7.12. The average Bonchev–Trinajstić information content (AvgIpc) is 3.40. The van der Waals surface area contributed by atoms with Crippen molar-refractivity contribution in [2.45, 2.75) is 50.7 Å². The van der Waals surface area contributed by atoms with E-state index >= 15 is 0 Å². The zero-order chi connectivity index (χ0) is 22.8. The van der Waals surface area contributed by atoms with Crippen LogP contribution in [0.15, 0.2) is 36.4 Å². The van der Waals surface area contributed by atoms with E-state index in [1.165, 1.54) is 11.3 Å². The maximum absolute atomic E-state index is 13.8. The first-order chi connectivity index (χ1) is 14.5. The third kappa shape index (κ3) is 5.60. The van der Waals surface area contributed by atoms with E-state index < -0.39 is 17.5 Å². The molecule has 2 atom stereocenters. The van der Waals surface area contributed by atoms with Gasteiger partial charge in [0.2, 0.25) is 5.91 Å². The molecule has 2 aromatic rings. The number of aryl methyl sites for hydroxylation is 1. The second kappa shape index (κ2) is 9.20. The summed E-state index contributed by atoms with van der Waals surface area (Å²) in [5.41, 5.74) is -0.777. The summed E-state index contributed by atoms with van der Waals surface area (Å²) in [6.07, 6.45) is -3.69. The fraction of sp³-hybridized carbons (Fsp3) is 0.522. The minimum absolute atomic E-state index is 0.0200. The van der Waals surface area contributed by atoms with Crippen molar-refractivity contribution in [1.29, 1.82) is 0 Å². The second-order valence-electron chi connectivity index (χ2n) is 8.65. The second-order valence-corrected chi connectivity index (χ2v) is 9.97. The van der Waals surface area contributed by atoms with Gasteiger partial charge in [-0.2, -0.15) is 13.2 Å². The highest BCUT2D eigenvalue weighted by Gasteiger charge is 2.67. The Morgan fingerprint density at radius 3 is 2.32 bits per heavy atom. The van der Waals surface area contributed by atoms with Crippen LogP contribution in [0.1, 0.15) is 40.5 Å². The monoisotopic (exact) mass is 454 g/mol. The van der Waals surface area contributed by atoms with Crippen LogP contribution in [-0.2, 0) is 11.2 Å². The Hall–Kier alpha value is -2.06. The molecule has 1 heterocycles. The predicted molar refractivity (Wildman–Crippen MR) is 116 cm³/mol. The zero-order valence-electron chi connectivity index (χ0n) is 18.0. The van der Waals surface area contributed by atoms with Gasteiger partial charge in [-0.25, -0.2) is 0 Å². The molecule has 1 amide bonds. The molecule has 0 radical (unpaired) electrons. The lowest BCUT2D eigenvalue weighted by molar-refractivity contribution is -0.194. The van der Waals surface area contributed by atoms with Crippen LogP contribution in [-0.4, -0.2) is 48.8 Å². The lowest BCUT2D eigenvalue weighted by atomic mass is 9.84. The number of benzene rings is 1. The van der Waals surface area contributed by atoms with Crippen LogP contribution in [0.5, 0.6) is 5.75 Å². The van der Waals surface area contributed by atoms with Crippen molar-refractivity contribution in [3.05, 3.63) is 51.7 Å². The van der Waals surface area contributed by atoms with Crippen LogP contribution in [0.4, 0.5) is 13.2 Å². The Kier molecular flexibility index (Phi) is 7.01. The maximum atomic E-state index is 13.8. The van der Waals surface area contributed by atoms with Crippen molar-refractivity contribution in [3.63, 3.8) is 0 Å². The summed E-state index contributed by atoms with van der Waals surface area (Å²) in [5.74, 6) is -1.02. The number of amides is 1. The number of nitrogens with zero attached hydrogens (tertiary/aromatic N) is 1. The first-order valence-electron chi connectivity index (χ1n) is 10.4. The summed E-state index contributed by atoms with van der Waals surface area (Å²) >= 11 is 1.34. The molecule has 0 spiro atoms. The molecule has 1 aliphatic carbocycles. The Morgan fingerprint density at radius 2 is 1.84 bits per heavy atom. The summed E-state index contributed by atoms with van der Waals surface area (Å²) in [4.78, 5) is 16.3. The molecule has 31 heavy (non-hydrogen) atoms. The zero-order valence-corrected chi connectivity index (χ0v) is 18.8. The van der Waals surface area contributed by atoms with Crippen LogP contribution in [0.25, 0.3) is 0 Å². The van der Waals surface area contributed by atoms with Gasteiger partial charge in [-0.3, -0.25) is 4.79 Å². The molecular weight excluding hydrogens is 425 g/mol. The van der Waals surface area contributed by atoms with Gasteiger partial charge in [0, 0.05) is 34.7 Å². The minimum atomic E-state index is -4.32. The average molecular weight is 455 g/mol. The van der Waals surface area contributed by atoms with Gasteiger partial charge >= 0.3 is 6.18 Å². The first kappa shape index (κ1) is 23.6. The number of hydrogen-bond acceptors (Lipinski definition) is 4. The maximum Gasteiger partial charge on any atom is 0.395 e. The van der Waals surface area contributed by atoms with Crippen LogP contribution >= 0.6 is 11.3 Å². The van der Waals surface area contributed by atoms with Crippen molar-refractivity contribution in [2.75, 3.05) is 20.6 Å². The number of likely N-dealkylation sites (N-methyl/N-ethyl adjacent to an activating group) is 1. The van der Waals surface area contributed by atoms with E-state index in [9.17, 15) is 23.1 Å². The van der Waals surface area contributed by atoms with Crippen molar-refractivity contribution in [2.24, 2.45) is 5.41 Å². The molecule has 0 unspecified atom stereocenters. The summed E-state index contributed by atoms with van der Waals surface area (Å²) in [6.45, 7) is 2.20. The topological polar surface area (TPSA) is 52.6 Å². The van der Waals surface area contributed by atoms with E-state index in [2.05, 4.69) is 5.32 Å². The molecule has 170 valence electrons. The molecule has 0 aliphatic heterocycles. The molecule has 1 saturated carbocycles. The Labute approximate surface area is 185 Å². The number of phenols is 1. The molecule has 1 aromatic carbocycles. The molecule has 0 bridgehead atoms. The van der Waals surface area contributed by atoms with Crippen molar-refractivity contribution < 1.29 is 23.1 Å². The molecule has 3 rings (SSSR count). The van der Waals surface area contributed by atoms with Crippen molar-refractivity contribution in [1.82, 2.24) is 10.2 Å². The fourth-order valence-corrected chi connectivity index (χ4v) is 5.10. The van der Waals surface area contributed by atoms with E-state index in [1.807, 2.05) is 44.1 Å². The molecular formula is C23H29F3N2O2S. The quantitative estimate of drug-likeness (QED) is 0.569. The Bertz CT molecular complexity index is 889. The molecule has 2 N–H and O–H groups in total. The fourth-order valence-electron chi connectivity index (χ4n) is 4.00. The summed E-state index contributed by atoms with van der Waals surface area (Å²) in [7, 11) is 3.80. The summed E-state index contributed by atoms with van der Waals surface area (Å²) in [5, 5.41) is 12.3. The number of phenolic OH excluding ortho intramolecular Hbond substituents is 1. The normalized spacial score (nSPS) is 17.4. The van der Waals surface area contributed by atoms with Gasteiger partial charge in [0.1, 0.15) is 5.75 Å². The molecule has 8 heteroatoms. The molecule has 0 saturated heterocycles. The van der Waals surface area contributed by atoms with Gasteiger partial charge in [0.15, 0.2) is 0 Å². The Balaban J connectivity index is 1.67. The predicted octanol–water partition coefficient (Wildman–Crippen LogP) is 4.87. The van der Waals surface area contributed by atoms with E-state index in [0.717, 1.165) is 10.4 Å². The van der Waals surface area contributed by atoms with Crippen LogP contribution in [0.2, 0.25) is 0 Å². The number of carbonyl (C=O) groups excluding carboxylic acids is 1. The minimum Gasteiger partial charge on any atom is -0.508 e. The highest BCUT2D eigenvalue weighted by atomic mass is 32.1. The lowest BCUT2D eigenvalue weighted by Crippen LogP contribution is -2.42. The van der Waals surface area contributed by atoms with Crippen LogP contribution < -0.4 is 5.32 Å². The van der Waals surface area contributed by atoms with Gasteiger partial charge in [0.05, 0.1) is 5.41 Å². The smallest absolute Gasteiger partial charge is 0.395 e. The van der Waals surface area contributed by atoms with Gasteiger partial charge < -0.3 is 15.3 Å². The number of nitrogens with one attached hydrogen (secondary N) is 1. The van der Waals surface area contributed by atoms with E-state index in [1.54, 1.807) is 18.2 Å². The molecule has 1 fully saturated rings. The van der Waals surface area contributed by atoms with E-state index in [0.29, 0.717) is 17.8 Å². The van der Waals surface area contributed by atoms with Crippen molar-refractivity contribution >= 4 is 17.2 Å². The SMILES string of the molecule is Cc1ccc([C@H](CC(=O)NC[C@H](Cc2ccc(O)cc2)N(C)C)C2(C(F)(F)F)CC2)s1. The highest BCUT2D eigenvalue weighted by Crippen LogP contribution is 2.66. The molecule has 1 aliphatic rings. The van der Waals surface area contributed by atoms with Crippen LogP contribution in [0.3, 0.4) is 0 Å². The third-order valence-corrected chi connectivity index (χ3v) is 7.30. The standard InChI is InChI=1S/C23H29F3N2O2S/c1-15-4-9-20(31-15)19(22(10-11-22)23(24,25)26)13-21(30)27-14-17(28(2)3)12-16-5-7-18(29)8-6-16/h4-9,17,19,29H,10-14H2,1-3H3,(H,27,30)/t17-,19-/m0/s1. The molecule has 4 nitrogen and oxygen atoms in total. The van der Waals surface area contributed by atoms with E-state index in [4.69, 9.17) is 0 Å². The van der Waals surface area contributed by atoms with Crippen LogP contribution in [0, 0.1) is 12.3 Å². The number of carbonyl (C=O) groups is 1. The third-order valence-electron chi connectivity index (χ3n) is 6.19.